The van der Waals surface area contributed by atoms with Gasteiger partial charge in [0.05, 0.1) is 9.82 Å². The summed E-state index contributed by atoms with van der Waals surface area (Å²) in [6.45, 7) is 3.76. The normalized spacial score (nSPS) is 16.9. The molecule has 9 heteroatoms. The monoisotopic (exact) mass is 409 g/mol. The van der Waals surface area contributed by atoms with E-state index >= 15 is 0 Å². The van der Waals surface area contributed by atoms with Crippen molar-refractivity contribution in [2.24, 2.45) is 0 Å². The lowest BCUT2D eigenvalue weighted by atomic mass is 10.0. The number of piperidine rings is 1. The average Bonchev–Trinajstić information content (AvgIpc) is 3.17. The van der Waals surface area contributed by atoms with Gasteiger partial charge in [0, 0.05) is 24.7 Å². The summed E-state index contributed by atoms with van der Waals surface area (Å²) in [5.41, 5.74) is 1.35. The van der Waals surface area contributed by atoms with Crippen LogP contribution in [0.5, 0.6) is 0 Å². The summed E-state index contributed by atoms with van der Waals surface area (Å²) in [4.78, 5) is 12.7. The second kappa shape index (κ2) is 8.47. The number of benzene rings is 1. The van der Waals surface area contributed by atoms with E-state index < -0.39 is 14.9 Å². The summed E-state index contributed by atoms with van der Waals surface area (Å²) in [5.74, 6) is 0. The number of nitrogens with one attached hydrogen (secondary N) is 1. The molecule has 1 aromatic carbocycles. The van der Waals surface area contributed by atoms with Crippen LogP contribution in [-0.2, 0) is 10.0 Å². The molecule has 0 radical (unpaired) electrons. The highest BCUT2D eigenvalue weighted by molar-refractivity contribution is 7.89. The smallest absolute Gasteiger partial charge is 0.270 e. The van der Waals surface area contributed by atoms with Crippen LogP contribution < -0.4 is 4.72 Å². The first-order valence-corrected chi connectivity index (χ1v) is 11.3. The maximum Gasteiger partial charge on any atom is 0.270 e. The van der Waals surface area contributed by atoms with Crippen LogP contribution in [-0.4, -0.2) is 37.9 Å². The fraction of sp³-hybridized carbons (Fsp3) is 0.444. The van der Waals surface area contributed by atoms with Crippen LogP contribution in [0.15, 0.2) is 39.9 Å². The Labute approximate surface area is 163 Å². The zero-order chi connectivity index (χ0) is 19.4. The van der Waals surface area contributed by atoms with Gasteiger partial charge in [-0.1, -0.05) is 12.5 Å². The first-order chi connectivity index (χ1) is 12.9. The highest BCUT2D eigenvalue weighted by Gasteiger charge is 2.26. The second-order valence-electron chi connectivity index (χ2n) is 6.73. The summed E-state index contributed by atoms with van der Waals surface area (Å²) in [5, 5.41) is 15.0. The molecule has 146 valence electrons. The van der Waals surface area contributed by atoms with E-state index in [9.17, 15) is 18.5 Å². The zero-order valence-electron chi connectivity index (χ0n) is 15.1. The molecule has 1 unspecified atom stereocenters. The van der Waals surface area contributed by atoms with E-state index in [2.05, 4.69) is 9.62 Å². The Balaban J connectivity index is 1.82. The van der Waals surface area contributed by atoms with Gasteiger partial charge in [0.1, 0.15) is 0 Å². The Kier molecular flexibility index (Phi) is 6.25. The van der Waals surface area contributed by atoms with E-state index in [0.29, 0.717) is 5.56 Å². The number of aryl methyl sites for hydroxylation is 1. The predicted octanol–water partition coefficient (Wildman–Crippen LogP) is 3.47. The molecule has 27 heavy (non-hydrogen) atoms. The molecule has 1 atom stereocenters. The van der Waals surface area contributed by atoms with E-state index in [1.54, 1.807) is 18.3 Å². The van der Waals surface area contributed by atoms with E-state index in [0.717, 1.165) is 37.6 Å². The molecular formula is C18H23N3O4S2. The number of rotatable bonds is 7. The first-order valence-electron chi connectivity index (χ1n) is 8.89. The summed E-state index contributed by atoms with van der Waals surface area (Å²) in [7, 11) is -3.85. The maximum absolute atomic E-state index is 12.8. The Morgan fingerprint density at radius 3 is 2.63 bits per heavy atom. The van der Waals surface area contributed by atoms with Gasteiger partial charge < -0.3 is 0 Å². The van der Waals surface area contributed by atoms with Gasteiger partial charge in [0.2, 0.25) is 10.0 Å². The fourth-order valence-electron chi connectivity index (χ4n) is 3.41. The van der Waals surface area contributed by atoms with Crippen molar-refractivity contribution in [3.63, 3.8) is 0 Å². The van der Waals surface area contributed by atoms with Crippen molar-refractivity contribution in [2.45, 2.75) is 37.1 Å². The number of thiophene rings is 1. The van der Waals surface area contributed by atoms with Crippen molar-refractivity contribution < 1.29 is 13.3 Å². The minimum absolute atomic E-state index is 0.0367. The topological polar surface area (TPSA) is 92.5 Å². The molecule has 1 saturated heterocycles. The van der Waals surface area contributed by atoms with Crippen LogP contribution in [0.4, 0.5) is 5.69 Å². The molecule has 0 amide bonds. The Morgan fingerprint density at radius 1 is 1.26 bits per heavy atom. The third-order valence-corrected chi connectivity index (χ3v) is 7.17. The van der Waals surface area contributed by atoms with Crippen LogP contribution in [0, 0.1) is 17.0 Å². The maximum atomic E-state index is 12.8. The van der Waals surface area contributed by atoms with E-state index in [1.165, 1.54) is 18.6 Å². The molecule has 2 heterocycles. The predicted molar refractivity (Wildman–Crippen MR) is 106 cm³/mol. The molecule has 7 nitrogen and oxygen atoms in total. The van der Waals surface area contributed by atoms with Gasteiger partial charge >= 0.3 is 0 Å². The van der Waals surface area contributed by atoms with Crippen molar-refractivity contribution in [1.82, 2.24) is 9.62 Å². The van der Waals surface area contributed by atoms with Gasteiger partial charge in [-0.2, -0.15) is 11.3 Å². The van der Waals surface area contributed by atoms with Crippen molar-refractivity contribution in [3.8, 4) is 0 Å². The molecule has 0 aliphatic carbocycles. The molecule has 1 aliphatic heterocycles. The number of likely N-dealkylation sites (tertiary alicyclic amines) is 1. The Bertz CT molecular complexity index is 891. The van der Waals surface area contributed by atoms with Gasteiger partial charge in [-0.3, -0.25) is 15.0 Å². The molecule has 3 rings (SSSR count). The molecule has 1 aromatic heterocycles. The molecule has 1 N–H and O–H groups in total. The molecule has 2 aromatic rings. The number of hydrogen-bond donors (Lipinski definition) is 1. The average molecular weight is 410 g/mol. The van der Waals surface area contributed by atoms with Gasteiger partial charge in [0.25, 0.3) is 5.69 Å². The Hall–Kier alpha value is -1.81. The van der Waals surface area contributed by atoms with E-state index in [1.807, 2.05) is 16.8 Å². The third kappa shape index (κ3) is 4.73. The standard InChI is InChI=1S/C18H23N3O4S2/c1-14-5-6-16(21(22)23)11-18(14)27(24,25)19-12-17(15-7-10-26-13-15)20-8-3-2-4-9-20/h5-7,10-11,13,17,19H,2-4,8-9,12H2,1H3. The minimum Gasteiger partial charge on any atom is -0.295 e. The lowest BCUT2D eigenvalue weighted by molar-refractivity contribution is -0.385. The number of nitrogens with zero attached hydrogens (tertiary/aromatic N) is 2. The van der Waals surface area contributed by atoms with E-state index in [-0.39, 0.29) is 23.2 Å². The molecule has 0 spiro atoms. The van der Waals surface area contributed by atoms with Crippen LogP contribution in [0.2, 0.25) is 0 Å². The van der Waals surface area contributed by atoms with Gasteiger partial charge in [-0.15, -0.1) is 0 Å². The minimum atomic E-state index is -3.85. The lowest BCUT2D eigenvalue weighted by Crippen LogP contribution is -2.40. The van der Waals surface area contributed by atoms with Crippen molar-refractivity contribution in [1.29, 1.82) is 0 Å². The molecule has 0 saturated carbocycles. The van der Waals surface area contributed by atoms with Gasteiger partial charge in [0.15, 0.2) is 0 Å². The summed E-state index contributed by atoms with van der Waals surface area (Å²) < 4.78 is 28.4. The van der Waals surface area contributed by atoms with Crippen LogP contribution in [0.25, 0.3) is 0 Å². The largest absolute Gasteiger partial charge is 0.295 e. The quantitative estimate of drug-likeness (QED) is 0.558. The summed E-state index contributed by atoms with van der Waals surface area (Å²) in [6.07, 6.45) is 3.42. The van der Waals surface area contributed by atoms with Crippen molar-refractivity contribution >= 4 is 27.0 Å². The zero-order valence-corrected chi connectivity index (χ0v) is 16.8. The second-order valence-corrected chi connectivity index (χ2v) is 9.24. The first kappa shape index (κ1) is 19.9. The molecule has 0 bridgehead atoms. The van der Waals surface area contributed by atoms with Crippen molar-refractivity contribution in [2.75, 3.05) is 19.6 Å². The van der Waals surface area contributed by atoms with Crippen LogP contribution in [0.3, 0.4) is 0 Å². The van der Waals surface area contributed by atoms with Crippen LogP contribution >= 0.6 is 11.3 Å². The number of nitro groups is 1. The highest BCUT2D eigenvalue weighted by atomic mass is 32.2. The highest BCUT2D eigenvalue weighted by Crippen LogP contribution is 2.27. The van der Waals surface area contributed by atoms with Crippen molar-refractivity contribution in [3.05, 3.63) is 56.3 Å². The van der Waals surface area contributed by atoms with Gasteiger partial charge in [-0.05, 0) is 60.8 Å². The molecule has 1 aliphatic rings. The number of hydrogen-bond acceptors (Lipinski definition) is 6. The van der Waals surface area contributed by atoms with Crippen LogP contribution in [0.1, 0.15) is 36.4 Å². The molecular weight excluding hydrogens is 386 g/mol. The van der Waals surface area contributed by atoms with E-state index in [4.69, 9.17) is 0 Å². The molecule has 1 fully saturated rings. The number of nitro benzene ring substituents is 1. The fourth-order valence-corrected chi connectivity index (χ4v) is 5.42. The summed E-state index contributed by atoms with van der Waals surface area (Å²) >= 11 is 1.59. The lowest BCUT2D eigenvalue weighted by Gasteiger charge is -2.34. The van der Waals surface area contributed by atoms with Gasteiger partial charge in [-0.25, -0.2) is 13.1 Å². The number of sulfonamides is 1. The Morgan fingerprint density at radius 2 is 2.00 bits per heavy atom. The SMILES string of the molecule is Cc1ccc([N+](=O)[O-])cc1S(=O)(=O)NCC(c1ccsc1)N1CCCCC1. The third-order valence-electron chi connectivity index (χ3n) is 4.90. The number of non-ortho nitro benzene ring substituents is 1. The summed E-state index contributed by atoms with van der Waals surface area (Å²) in [6, 6.07) is 5.89.